The summed E-state index contributed by atoms with van der Waals surface area (Å²) in [5.41, 5.74) is 4.51. The molecular weight excluding hydrogens is 242 g/mol. The van der Waals surface area contributed by atoms with Crippen LogP contribution in [0.5, 0.6) is 0 Å². The molecule has 1 aliphatic carbocycles. The fourth-order valence-electron chi connectivity index (χ4n) is 2.50. The summed E-state index contributed by atoms with van der Waals surface area (Å²) in [4.78, 5) is 0. The van der Waals surface area contributed by atoms with Crippen LogP contribution in [-0.4, -0.2) is 6.54 Å². The molecular formula is C19H23N. The van der Waals surface area contributed by atoms with Crippen molar-refractivity contribution in [3.05, 3.63) is 60.2 Å². The van der Waals surface area contributed by atoms with E-state index in [1.54, 1.807) is 0 Å². The van der Waals surface area contributed by atoms with E-state index in [1.807, 2.05) is 0 Å². The number of hydrogen-bond acceptors (Lipinski definition) is 1. The first-order chi connectivity index (χ1) is 9.66. The van der Waals surface area contributed by atoms with Gasteiger partial charge in [-0.05, 0) is 41.9 Å². The first-order valence-electron chi connectivity index (χ1n) is 7.55. The van der Waals surface area contributed by atoms with Crippen LogP contribution in [-0.2, 0) is 0 Å². The maximum Gasteiger partial charge on any atom is 0.0292 e. The number of nitrogens with one attached hydrogen (secondary N) is 1. The van der Waals surface area contributed by atoms with Gasteiger partial charge in [-0.3, -0.25) is 0 Å². The van der Waals surface area contributed by atoms with Gasteiger partial charge in [0.25, 0.3) is 0 Å². The lowest BCUT2D eigenvalue weighted by molar-refractivity contribution is 0.457. The molecule has 0 aliphatic heterocycles. The molecule has 104 valence electrons. The van der Waals surface area contributed by atoms with E-state index in [4.69, 9.17) is 0 Å². The summed E-state index contributed by atoms with van der Waals surface area (Å²) < 4.78 is 0. The first-order valence-corrected chi connectivity index (χ1v) is 7.55. The van der Waals surface area contributed by atoms with E-state index < -0.39 is 0 Å². The van der Waals surface area contributed by atoms with Gasteiger partial charge in [0.15, 0.2) is 0 Å². The maximum absolute atomic E-state index is 3.66. The molecule has 1 atom stereocenters. The Balaban J connectivity index is 1.66. The van der Waals surface area contributed by atoms with Crippen molar-refractivity contribution in [3.8, 4) is 11.1 Å². The van der Waals surface area contributed by atoms with E-state index >= 15 is 0 Å². The molecule has 1 nitrogen and oxygen atoms in total. The summed E-state index contributed by atoms with van der Waals surface area (Å²) in [6.45, 7) is 5.75. The fraction of sp³-hybridized carbons (Fsp3) is 0.368. The van der Waals surface area contributed by atoms with Crippen molar-refractivity contribution in [1.29, 1.82) is 0 Å². The van der Waals surface area contributed by atoms with Crippen LogP contribution in [0, 0.1) is 5.41 Å². The second-order valence-corrected chi connectivity index (χ2v) is 6.40. The van der Waals surface area contributed by atoms with Gasteiger partial charge >= 0.3 is 0 Å². The molecule has 0 amide bonds. The minimum absolute atomic E-state index is 0.428. The number of benzene rings is 2. The quantitative estimate of drug-likeness (QED) is 0.818. The minimum atomic E-state index is 0.428. The third-order valence-electron chi connectivity index (χ3n) is 4.46. The van der Waals surface area contributed by atoms with E-state index in [9.17, 15) is 0 Å². The molecule has 1 unspecified atom stereocenters. The van der Waals surface area contributed by atoms with E-state index in [0.29, 0.717) is 11.5 Å². The Bertz CT molecular complexity index is 552. The Morgan fingerprint density at radius 1 is 0.950 bits per heavy atom. The number of hydrogen-bond donors (Lipinski definition) is 1. The molecule has 0 heterocycles. The zero-order valence-corrected chi connectivity index (χ0v) is 12.4. The highest BCUT2D eigenvalue weighted by Crippen LogP contribution is 2.44. The zero-order chi connectivity index (χ0) is 14.0. The largest absolute Gasteiger partial charge is 0.310 e. The van der Waals surface area contributed by atoms with Crippen LogP contribution in [0.25, 0.3) is 11.1 Å². The minimum Gasteiger partial charge on any atom is -0.310 e. The lowest BCUT2D eigenvalue weighted by atomic mass is 10.0. The molecule has 0 aromatic heterocycles. The van der Waals surface area contributed by atoms with Crippen molar-refractivity contribution in [2.24, 2.45) is 5.41 Å². The molecule has 1 aliphatic rings. The smallest absolute Gasteiger partial charge is 0.0292 e. The Labute approximate surface area is 122 Å². The third kappa shape index (κ3) is 3.10. The normalized spacial score (nSPS) is 17.7. The van der Waals surface area contributed by atoms with E-state index in [0.717, 1.165) is 6.54 Å². The summed E-state index contributed by atoms with van der Waals surface area (Å²) in [6.07, 6.45) is 2.75. The molecule has 3 rings (SSSR count). The van der Waals surface area contributed by atoms with Gasteiger partial charge in [-0.1, -0.05) is 61.5 Å². The summed E-state index contributed by atoms with van der Waals surface area (Å²) >= 11 is 0. The van der Waals surface area contributed by atoms with Crippen molar-refractivity contribution >= 4 is 0 Å². The van der Waals surface area contributed by atoms with Gasteiger partial charge in [0.1, 0.15) is 0 Å². The van der Waals surface area contributed by atoms with Gasteiger partial charge < -0.3 is 5.32 Å². The maximum atomic E-state index is 3.66. The van der Waals surface area contributed by atoms with Crippen molar-refractivity contribution in [3.63, 3.8) is 0 Å². The van der Waals surface area contributed by atoms with Crippen LogP contribution in [0.2, 0.25) is 0 Å². The van der Waals surface area contributed by atoms with Crippen molar-refractivity contribution in [2.45, 2.75) is 32.7 Å². The average molecular weight is 265 g/mol. The van der Waals surface area contributed by atoms with Crippen molar-refractivity contribution in [2.75, 3.05) is 6.54 Å². The van der Waals surface area contributed by atoms with Crippen molar-refractivity contribution in [1.82, 2.24) is 5.32 Å². The molecule has 1 fully saturated rings. The molecule has 0 saturated heterocycles. The lowest BCUT2D eigenvalue weighted by Gasteiger charge is -2.17. The fourth-order valence-corrected chi connectivity index (χ4v) is 2.50. The number of rotatable bonds is 5. The van der Waals surface area contributed by atoms with E-state index in [2.05, 4.69) is 73.8 Å². The second-order valence-electron chi connectivity index (χ2n) is 6.40. The standard InChI is InChI=1S/C19H23N/c1-15(20-14-19(2)12-13-19)16-8-10-18(11-9-16)17-6-4-3-5-7-17/h3-11,15,20H,12-14H2,1-2H3. The molecule has 0 radical (unpaired) electrons. The van der Waals surface area contributed by atoms with Crippen LogP contribution in [0.4, 0.5) is 0 Å². The first kappa shape index (κ1) is 13.4. The van der Waals surface area contributed by atoms with Crippen LogP contribution < -0.4 is 5.32 Å². The average Bonchev–Trinajstić information content (AvgIpc) is 3.24. The predicted octanol–water partition coefficient (Wildman–Crippen LogP) is 4.80. The van der Waals surface area contributed by atoms with Gasteiger partial charge in [0.2, 0.25) is 0 Å². The summed E-state index contributed by atoms with van der Waals surface area (Å²) in [6, 6.07) is 19.9. The Kier molecular flexibility index (Phi) is 3.62. The molecule has 2 aromatic rings. The highest BCUT2D eigenvalue weighted by molar-refractivity contribution is 5.63. The Hall–Kier alpha value is -1.60. The van der Waals surface area contributed by atoms with Crippen molar-refractivity contribution < 1.29 is 0 Å². The van der Waals surface area contributed by atoms with Gasteiger partial charge in [0.05, 0.1) is 0 Å². The zero-order valence-electron chi connectivity index (χ0n) is 12.4. The monoisotopic (exact) mass is 265 g/mol. The molecule has 0 bridgehead atoms. The van der Waals surface area contributed by atoms with Gasteiger partial charge in [0, 0.05) is 12.6 Å². The molecule has 2 aromatic carbocycles. The topological polar surface area (TPSA) is 12.0 Å². The lowest BCUT2D eigenvalue weighted by Crippen LogP contribution is -2.25. The summed E-state index contributed by atoms with van der Waals surface area (Å²) in [7, 11) is 0. The van der Waals surface area contributed by atoms with Crippen LogP contribution >= 0.6 is 0 Å². The van der Waals surface area contributed by atoms with E-state index in [-0.39, 0.29) is 0 Å². The highest BCUT2D eigenvalue weighted by atomic mass is 14.9. The Morgan fingerprint density at radius 2 is 1.55 bits per heavy atom. The van der Waals surface area contributed by atoms with Crippen LogP contribution in [0.1, 0.15) is 38.3 Å². The third-order valence-corrected chi connectivity index (χ3v) is 4.46. The predicted molar refractivity (Wildman–Crippen MR) is 85.6 cm³/mol. The summed E-state index contributed by atoms with van der Waals surface area (Å²) in [5, 5.41) is 3.66. The molecule has 0 spiro atoms. The highest BCUT2D eigenvalue weighted by Gasteiger charge is 2.36. The van der Waals surface area contributed by atoms with Crippen LogP contribution in [0.15, 0.2) is 54.6 Å². The second kappa shape index (κ2) is 5.41. The van der Waals surface area contributed by atoms with Crippen LogP contribution in [0.3, 0.4) is 0 Å². The van der Waals surface area contributed by atoms with Gasteiger partial charge in [-0.25, -0.2) is 0 Å². The molecule has 1 N–H and O–H groups in total. The van der Waals surface area contributed by atoms with Gasteiger partial charge in [-0.15, -0.1) is 0 Å². The van der Waals surface area contributed by atoms with E-state index in [1.165, 1.54) is 29.5 Å². The summed E-state index contributed by atoms with van der Waals surface area (Å²) in [5.74, 6) is 0. The molecule has 1 saturated carbocycles. The Morgan fingerprint density at radius 3 is 2.15 bits per heavy atom. The molecule has 20 heavy (non-hydrogen) atoms. The SMILES string of the molecule is CC(NCC1(C)CC1)c1ccc(-c2ccccc2)cc1. The molecule has 1 heteroatoms. The van der Waals surface area contributed by atoms with Gasteiger partial charge in [-0.2, -0.15) is 0 Å².